The summed E-state index contributed by atoms with van der Waals surface area (Å²) in [6, 6.07) is 0. The van der Waals surface area contributed by atoms with Gasteiger partial charge in [0.05, 0.1) is 18.1 Å². The zero-order valence-electron chi connectivity index (χ0n) is 19.5. The van der Waals surface area contributed by atoms with Gasteiger partial charge in [0.15, 0.2) is 0 Å². The SMILES string of the molecule is CCC1=C[C@@](C=O)(CC)[C@](CC)(COCOC)[C@H]2[C@H](CC)[C@@H](OCOC)[C@@H](C)[C@H]12. The molecule has 0 aromatic carbocycles. The van der Waals surface area contributed by atoms with Crippen LogP contribution in [0.1, 0.15) is 60.3 Å². The molecule has 5 heteroatoms. The lowest BCUT2D eigenvalue weighted by molar-refractivity contribution is -0.155. The van der Waals surface area contributed by atoms with E-state index in [1.54, 1.807) is 14.2 Å². The number of methoxy groups -OCH3 is 2. The van der Waals surface area contributed by atoms with E-state index in [0.717, 1.165) is 25.7 Å². The van der Waals surface area contributed by atoms with Crippen LogP contribution in [0.15, 0.2) is 11.6 Å². The monoisotopic (exact) mass is 410 g/mol. The second-order valence-electron chi connectivity index (χ2n) is 8.87. The summed E-state index contributed by atoms with van der Waals surface area (Å²) in [4.78, 5) is 12.7. The molecule has 0 N–H and O–H groups in total. The number of hydrogen-bond acceptors (Lipinski definition) is 5. The molecule has 0 bridgehead atoms. The molecule has 0 heterocycles. The highest BCUT2D eigenvalue weighted by Crippen LogP contribution is 2.66. The summed E-state index contributed by atoms with van der Waals surface area (Å²) in [6.45, 7) is 12.2. The largest absolute Gasteiger partial charge is 0.359 e. The highest BCUT2D eigenvalue weighted by Gasteiger charge is 2.65. The van der Waals surface area contributed by atoms with E-state index in [-0.39, 0.29) is 18.3 Å². The van der Waals surface area contributed by atoms with E-state index in [1.807, 2.05) is 0 Å². The number of aldehydes is 1. The summed E-state index contributed by atoms with van der Waals surface area (Å²) in [6.07, 6.45) is 7.29. The molecule has 0 radical (unpaired) electrons. The van der Waals surface area contributed by atoms with Crippen molar-refractivity contribution in [3.8, 4) is 0 Å². The zero-order valence-corrected chi connectivity index (χ0v) is 19.5. The predicted molar refractivity (Wildman–Crippen MR) is 114 cm³/mol. The number of hydrogen-bond donors (Lipinski definition) is 0. The van der Waals surface area contributed by atoms with Gasteiger partial charge in [0.25, 0.3) is 0 Å². The molecule has 2 aliphatic carbocycles. The van der Waals surface area contributed by atoms with Gasteiger partial charge in [-0.2, -0.15) is 0 Å². The van der Waals surface area contributed by atoms with Crippen molar-refractivity contribution in [3.63, 3.8) is 0 Å². The molecule has 0 aliphatic heterocycles. The van der Waals surface area contributed by atoms with Gasteiger partial charge >= 0.3 is 0 Å². The van der Waals surface area contributed by atoms with Gasteiger partial charge in [-0.25, -0.2) is 0 Å². The Morgan fingerprint density at radius 2 is 1.76 bits per heavy atom. The number of ether oxygens (including phenoxy) is 4. The smallest absolute Gasteiger partial charge is 0.146 e. The molecule has 0 saturated heterocycles. The van der Waals surface area contributed by atoms with Crippen molar-refractivity contribution in [1.29, 1.82) is 0 Å². The van der Waals surface area contributed by atoms with E-state index in [0.29, 0.717) is 37.1 Å². The minimum absolute atomic E-state index is 0.123. The highest BCUT2D eigenvalue weighted by atomic mass is 16.7. The van der Waals surface area contributed by atoms with Crippen LogP contribution in [-0.2, 0) is 23.7 Å². The molecule has 0 aromatic heterocycles. The number of carbonyl (C=O) groups is 1. The van der Waals surface area contributed by atoms with Crippen LogP contribution in [0, 0.1) is 34.5 Å². The van der Waals surface area contributed by atoms with E-state index in [1.165, 1.54) is 11.9 Å². The van der Waals surface area contributed by atoms with Crippen molar-refractivity contribution in [2.75, 3.05) is 34.4 Å². The second kappa shape index (κ2) is 10.5. The molecular weight excluding hydrogens is 368 g/mol. The van der Waals surface area contributed by atoms with Gasteiger partial charge < -0.3 is 23.7 Å². The highest BCUT2D eigenvalue weighted by molar-refractivity contribution is 5.66. The van der Waals surface area contributed by atoms with Crippen molar-refractivity contribution in [3.05, 3.63) is 11.6 Å². The Balaban J connectivity index is 2.66. The maximum atomic E-state index is 12.7. The molecule has 1 saturated carbocycles. The molecule has 1 fully saturated rings. The lowest BCUT2D eigenvalue weighted by Crippen LogP contribution is -2.56. The van der Waals surface area contributed by atoms with E-state index in [9.17, 15) is 4.79 Å². The molecule has 0 amide bonds. The van der Waals surface area contributed by atoms with Gasteiger partial charge in [0, 0.05) is 19.6 Å². The Morgan fingerprint density at radius 3 is 2.24 bits per heavy atom. The Hall–Kier alpha value is -0.750. The molecule has 2 aliphatic rings. The van der Waals surface area contributed by atoms with Crippen LogP contribution in [0.2, 0.25) is 0 Å². The zero-order chi connectivity index (χ0) is 21.7. The minimum Gasteiger partial charge on any atom is -0.359 e. The standard InChI is InChI=1S/C24H42O5/c1-8-18-12-23(10-3,13-25)24(11-4,14-28-15-26-6)21-19(9-2)22(29-16-27-7)17(5)20(18)21/h12-13,17,19-22H,8-11,14-16H2,1-7H3/t17-,19-,20+,21-,22-,23+,24+/m0/s1. The molecular formula is C24H42O5. The van der Waals surface area contributed by atoms with Gasteiger partial charge in [-0.3, -0.25) is 0 Å². The molecule has 0 unspecified atom stereocenters. The first-order chi connectivity index (χ1) is 14.0. The summed E-state index contributed by atoms with van der Waals surface area (Å²) < 4.78 is 22.7. The number of allylic oxidation sites excluding steroid dienone is 2. The molecule has 5 nitrogen and oxygen atoms in total. The van der Waals surface area contributed by atoms with Crippen molar-refractivity contribution in [2.24, 2.45) is 34.5 Å². The minimum atomic E-state index is -0.523. The predicted octanol–water partition coefficient (Wildman–Crippen LogP) is 4.85. The first kappa shape index (κ1) is 24.5. The average Bonchev–Trinajstić information content (AvgIpc) is 3.04. The third-order valence-corrected chi connectivity index (χ3v) is 8.04. The summed E-state index contributed by atoms with van der Waals surface area (Å²) in [5.74, 6) is 1.47. The summed E-state index contributed by atoms with van der Waals surface area (Å²) in [5, 5.41) is 0. The number of fused-ring (bicyclic) bond motifs is 1. The van der Waals surface area contributed by atoms with Crippen molar-refractivity contribution in [2.45, 2.75) is 66.4 Å². The molecule has 0 aromatic rings. The average molecular weight is 411 g/mol. The second-order valence-corrected chi connectivity index (χ2v) is 8.87. The fourth-order valence-corrected chi connectivity index (χ4v) is 6.73. The van der Waals surface area contributed by atoms with Crippen LogP contribution in [0.4, 0.5) is 0 Å². The normalized spacial score (nSPS) is 39.3. The third kappa shape index (κ3) is 3.96. The first-order valence-corrected chi connectivity index (χ1v) is 11.3. The van der Waals surface area contributed by atoms with Gasteiger partial charge in [-0.05, 0) is 42.9 Å². The van der Waals surface area contributed by atoms with Gasteiger partial charge in [0.1, 0.15) is 19.9 Å². The van der Waals surface area contributed by atoms with Crippen LogP contribution < -0.4 is 0 Å². The Kier molecular flexibility index (Phi) is 8.89. The van der Waals surface area contributed by atoms with Gasteiger partial charge in [0.2, 0.25) is 0 Å². The first-order valence-electron chi connectivity index (χ1n) is 11.3. The quantitative estimate of drug-likeness (QED) is 0.199. The van der Waals surface area contributed by atoms with Crippen LogP contribution in [0.5, 0.6) is 0 Å². The van der Waals surface area contributed by atoms with Crippen LogP contribution in [0.3, 0.4) is 0 Å². The Morgan fingerprint density at radius 1 is 1.07 bits per heavy atom. The lowest BCUT2D eigenvalue weighted by atomic mass is 9.47. The molecule has 7 atom stereocenters. The van der Waals surface area contributed by atoms with Crippen molar-refractivity contribution < 1.29 is 23.7 Å². The summed E-state index contributed by atoms with van der Waals surface area (Å²) in [7, 11) is 3.32. The van der Waals surface area contributed by atoms with E-state index in [2.05, 4.69) is 40.7 Å². The van der Waals surface area contributed by atoms with Crippen LogP contribution in [-0.4, -0.2) is 46.8 Å². The Labute approximate surface area is 177 Å². The summed E-state index contributed by atoms with van der Waals surface area (Å²) >= 11 is 0. The van der Waals surface area contributed by atoms with Crippen LogP contribution >= 0.6 is 0 Å². The topological polar surface area (TPSA) is 54.0 Å². The van der Waals surface area contributed by atoms with Gasteiger partial charge in [-0.15, -0.1) is 0 Å². The molecule has 168 valence electrons. The molecule has 0 spiro atoms. The molecule has 2 rings (SSSR count). The number of carbonyl (C=O) groups excluding carboxylic acids is 1. The lowest BCUT2D eigenvalue weighted by Gasteiger charge is -2.56. The summed E-state index contributed by atoms with van der Waals surface area (Å²) in [5.41, 5.74) is 0.616. The Bertz CT molecular complexity index is 561. The van der Waals surface area contributed by atoms with E-state index >= 15 is 0 Å². The maximum Gasteiger partial charge on any atom is 0.146 e. The third-order valence-electron chi connectivity index (χ3n) is 8.04. The van der Waals surface area contributed by atoms with Gasteiger partial charge in [-0.1, -0.05) is 52.7 Å². The van der Waals surface area contributed by atoms with Crippen molar-refractivity contribution in [1.82, 2.24) is 0 Å². The fourth-order valence-electron chi connectivity index (χ4n) is 6.73. The fraction of sp³-hybridized carbons (Fsp3) is 0.875. The maximum absolute atomic E-state index is 12.7. The molecule has 29 heavy (non-hydrogen) atoms. The van der Waals surface area contributed by atoms with E-state index < -0.39 is 5.41 Å². The number of rotatable bonds is 12. The van der Waals surface area contributed by atoms with Crippen LogP contribution in [0.25, 0.3) is 0 Å². The van der Waals surface area contributed by atoms with E-state index in [4.69, 9.17) is 18.9 Å². The van der Waals surface area contributed by atoms with Crippen molar-refractivity contribution >= 4 is 6.29 Å².